The van der Waals surface area contributed by atoms with Crippen molar-refractivity contribution in [1.82, 2.24) is 4.98 Å². The minimum Gasteiger partial charge on any atom is -0.367 e. The summed E-state index contributed by atoms with van der Waals surface area (Å²) in [4.78, 5) is 4.65. The van der Waals surface area contributed by atoms with Crippen LogP contribution in [0.2, 0.25) is 0 Å². The van der Waals surface area contributed by atoms with Crippen LogP contribution in [0.1, 0.15) is 49.8 Å². The van der Waals surface area contributed by atoms with E-state index in [0.29, 0.717) is 17.9 Å². The van der Waals surface area contributed by atoms with E-state index < -0.39 is 0 Å². The van der Waals surface area contributed by atoms with Crippen LogP contribution in [-0.2, 0) is 11.3 Å². The highest BCUT2D eigenvalue weighted by Gasteiger charge is 2.54. The number of ether oxygens (including phenoxy) is 1. The molecular formula is C30H37N2O+. The molecule has 0 spiro atoms. The van der Waals surface area contributed by atoms with Gasteiger partial charge in [-0.2, -0.15) is 0 Å². The molecule has 3 fully saturated rings. The van der Waals surface area contributed by atoms with Crippen LogP contribution < -0.4 is 0 Å². The van der Waals surface area contributed by atoms with E-state index in [2.05, 4.69) is 85.2 Å². The number of hydrogen-bond acceptors (Lipinski definition) is 2. The SMILES string of the molecule is C=C[C@H]1C[N+]2(Cc3ccccc3)CC[C@H]1C[C@@H]2[C@@H](OCCCC)c1ccnc2ccccc12. The van der Waals surface area contributed by atoms with E-state index in [9.17, 15) is 0 Å². The van der Waals surface area contributed by atoms with Crippen LogP contribution in [0, 0.1) is 11.8 Å². The second-order valence-corrected chi connectivity index (χ2v) is 10.1. The number of unbranched alkanes of at least 4 members (excludes halogenated alkanes) is 1. The molecular weight excluding hydrogens is 404 g/mol. The van der Waals surface area contributed by atoms with Gasteiger partial charge < -0.3 is 9.22 Å². The topological polar surface area (TPSA) is 22.1 Å². The zero-order valence-electron chi connectivity index (χ0n) is 19.9. The normalized spacial score (nSPS) is 27.5. The molecule has 1 aromatic heterocycles. The maximum atomic E-state index is 6.83. The Balaban J connectivity index is 1.58. The first-order valence-corrected chi connectivity index (χ1v) is 12.7. The Morgan fingerprint density at radius 3 is 2.76 bits per heavy atom. The maximum Gasteiger partial charge on any atom is 0.135 e. The predicted molar refractivity (Wildman–Crippen MR) is 136 cm³/mol. The van der Waals surface area contributed by atoms with Crippen molar-refractivity contribution in [2.45, 2.75) is 51.3 Å². The van der Waals surface area contributed by atoms with Crippen molar-refractivity contribution in [2.24, 2.45) is 11.8 Å². The first-order chi connectivity index (χ1) is 16.2. The van der Waals surface area contributed by atoms with E-state index in [1.807, 2.05) is 6.20 Å². The van der Waals surface area contributed by atoms with Crippen LogP contribution in [0.25, 0.3) is 10.9 Å². The van der Waals surface area contributed by atoms with Crippen molar-refractivity contribution in [3.8, 4) is 0 Å². The second-order valence-electron chi connectivity index (χ2n) is 10.1. The molecule has 172 valence electrons. The van der Waals surface area contributed by atoms with E-state index in [1.165, 1.54) is 42.4 Å². The average Bonchev–Trinajstić information content (AvgIpc) is 2.87. The highest BCUT2D eigenvalue weighted by Crippen LogP contribution is 2.49. The van der Waals surface area contributed by atoms with Gasteiger partial charge in [-0.15, -0.1) is 6.58 Å². The van der Waals surface area contributed by atoms with Gasteiger partial charge in [0.2, 0.25) is 0 Å². The second kappa shape index (κ2) is 9.79. The lowest BCUT2D eigenvalue weighted by atomic mass is 9.71. The van der Waals surface area contributed by atoms with Crippen LogP contribution in [0.15, 0.2) is 79.5 Å². The Hall–Kier alpha value is -2.49. The fraction of sp³-hybridized carbons (Fsp3) is 0.433. The van der Waals surface area contributed by atoms with Gasteiger partial charge in [0.15, 0.2) is 0 Å². The molecule has 5 atom stereocenters. The number of quaternary nitrogens is 1. The highest BCUT2D eigenvalue weighted by atomic mass is 16.5. The van der Waals surface area contributed by atoms with Crippen molar-refractivity contribution < 1.29 is 9.22 Å². The molecule has 6 rings (SSSR count). The molecule has 3 aromatic rings. The van der Waals surface area contributed by atoms with Gasteiger partial charge in [-0.1, -0.05) is 68.0 Å². The molecule has 2 aromatic carbocycles. The molecule has 3 heteroatoms. The number of nitrogens with zero attached hydrogens (tertiary/aromatic N) is 2. The number of benzene rings is 2. The molecule has 3 nitrogen and oxygen atoms in total. The third kappa shape index (κ3) is 4.37. The fourth-order valence-electron chi connectivity index (χ4n) is 6.44. The van der Waals surface area contributed by atoms with E-state index in [1.54, 1.807) is 0 Å². The number of fused-ring (bicyclic) bond motifs is 4. The van der Waals surface area contributed by atoms with Crippen molar-refractivity contribution in [2.75, 3.05) is 19.7 Å². The molecule has 1 unspecified atom stereocenters. The van der Waals surface area contributed by atoms with Crippen LogP contribution in [0.5, 0.6) is 0 Å². The Labute approximate surface area is 198 Å². The number of aromatic nitrogens is 1. The van der Waals surface area contributed by atoms with E-state index in [-0.39, 0.29) is 6.10 Å². The Kier molecular flexibility index (Phi) is 6.62. The summed E-state index contributed by atoms with van der Waals surface area (Å²) in [7, 11) is 0. The molecule has 3 aliphatic rings. The van der Waals surface area contributed by atoms with Gasteiger partial charge in [0.05, 0.1) is 18.6 Å². The maximum absolute atomic E-state index is 6.83. The molecule has 0 N–H and O–H groups in total. The molecule has 3 aliphatic heterocycles. The third-order valence-corrected chi connectivity index (χ3v) is 8.15. The van der Waals surface area contributed by atoms with Crippen LogP contribution in [0.3, 0.4) is 0 Å². The first-order valence-electron chi connectivity index (χ1n) is 12.7. The standard InChI is InChI=1S/C30H37N2O/c1-3-5-19-33-30(27-15-17-31-28-14-10-9-13-26(27)28)29-20-25-16-18-32(29,22-24(25)4-2)21-23-11-7-6-8-12-23/h4,6-15,17,24-25,29-30H,2-3,5,16,18-22H2,1H3/q+1/t24-,25-,29+,30-,32?/m0/s1. The van der Waals surface area contributed by atoms with Gasteiger partial charge in [-0.3, -0.25) is 4.98 Å². The number of para-hydroxylation sites is 1. The van der Waals surface area contributed by atoms with Crippen molar-refractivity contribution in [3.63, 3.8) is 0 Å². The quantitative estimate of drug-likeness (QED) is 0.209. The molecule has 0 aliphatic carbocycles. The molecule has 4 heterocycles. The average molecular weight is 442 g/mol. The highest BCUT2D eigenvalue weighted by molar-refractivity contribution is 5.82. The molecule has 3 saturated heterocycles. The summed E-state index contributed by atoms with van der Waals surface area (Å²) in [5.74, 6) is 1.32. The van der Waals surface area contributed by atoms with E-state index in [4.69, 9.17) is 4.74 Å². The molecule has 33 heavy (non-hydrogen) atoms. The predicted octanol–water partition coefficient (Wildman–Crippen LogP) is 6.70. The lowest BCUT2D eigenvalue weighted by molar-refractivity contribution is -0.985. The molecule has 0 saturated carbocycles. The molecule has 2 bridgehead atoms. The van der Waals surface area contributed by atoms with Crippen molar-refractivity contribution in [1.29, 1.82) is 0 Å². The Bertz CT molecular complexity index is 1080. The number of piperidine rings is 3. The van der Waals surface area contributed by atoms with E-state index >= 15 is 0 Å². The summed E-state index contributed by atoms with van der Waals surface area (Å²) in [6.07, 6.45) is 9.03. The summed E-state index contributed by atoms with van der Waals surface area (Å²) < 4.78 is 7.93. The lowest BCUT2D eigenvalue weighted by Crippen LogP contribution is -2.67. The van der Waals surface area contributed by atoms with Gasteiger partial charge >= 0.3 is 0 Å². The third-order valence-electron chi connectivity index (χ3n) is 8.15. The summed E-state index contributed by atoms with van der Waals surface area (Å²) >= 11 is 0. The van der Waals surface area contributed by atoms with Gasteiger partial charge in [-0.05, 0) is 30.0 Å². The van der Waals surface area contributed by atoms with Gasteiger partial charge in [-0.25, -0.2) is 0 Å². The fourth-order valence-corrected chi connectivity index (χ4v) is 6.44. The van der Waals surface area contributed by atoms with Gasteiger partial charge in [0, 0.05) is 42.5 Å². The smallest absolute Gasteiger partial charge is 0.135 e. The minimum atomic E-state index is 0.0849. The Morgan fingerprint density at radius 2 is 1.94 bits per heavy atom. The largest absolute Gasteiger partial charge is 0.367 e. The first kappa shape index (κ1) is 22.3. The van der Waals surface area contributed by atoms with Crippen molar-refractivity contribution in [3.05, 3.63) is 90.6 Å². The Morgan fingerprint density at radius 1 is 1.12 bits per heavy atom. The lowest BCUT2D eigenvalue weighted by Gasteiger charge is -2.58. The van der Waals surface area contributed by atoms with Crippen LogP contribution in [0.4, 0.5) is 0 Å². The number of rotatable bonds is 9. The van der Waals surface area contributed by atoms with Crippen LogP contribution in [-0.4, -0.2) is 35.2 Å². The summed E-state index contributed by atoms with van der Waals surface area (Å²) in [6, 6.07) is 22.3. The summed E-state index contributed by atoms with van der Waals surface area (Å²) in [5.41, 5.74) is 3.81. The summed E-state index contributed by atoms with van der Waals surface area (Å²) in [6.45, 7) is 10.7. The zero-order valence-corrected chi connectivity index (χ0v) is 19.9. The van der Waals surface area contributed by atoms with E-state index in [0.717, 1.165) is 36.0 Å². The monoisotopic (exact) mass is 441 g/mol. The minimum absolute atomic E-state index is 0.0849. The van der Waals surface area contributed by atoms with Crippen LogP contribution >= 0.6 is 0 Å². The molecule has 0 amide bonds. The molecule has 0 radical (unpaired) electrons. The zero-order chi connectivity index (χ0) is 22.7. The van der Waals surface area contributed by atoms with Crippen molar-refractivity contribution >= 4 is 10.9 Å². The number of hydrogen-bond donors (Lipinski definition) is 0. The van der Waals surface area contributed by atoms with Gasteiger partial charge in [0.25, 0.3) is 0 Å². The van der Waals surface area contributed by atoms with Gasteiger partial charge in [0.1, 0.15) is 18.7 Å². The number of pyridine rings is 1. The summed E-state index contributed by atoms with van der Waals surface area (Å²) in [5, 5.41) is 1.24.